The highest BCUT2D eigenvalue weighted by molar-refractivity contribution is 6.30. The largest absolute Gasteiger partial charge is 0.493 e. The molecule has 4 aromatic carbocycles. The second-order valence-electron chi connectivity index (χ2n) is 8.83. The van der Waals surface area contributed by atoms with Crippen LogP contribution in [-0.2, 0) is 16.0 Å². The number of carbonyl (C=O) groups is 2. The lowest BCUT2D eigenvalue weighted by molar-refractivity contribution is -0.130. The van der Waals surface area contributed by atoms with Gasteiger partial charge in [0, 0.05) is 17.0 Å². The van der Waals surface area contributed by atoms with E-state index in [-0.39, 0.29) is 13.0 Å². The summed E-state index contributed by atoms with van der Waals surface area (Å²) < 4.78 is 11.5. The normalized spacial score (nSPS) is 11.7. The number of carbonyl (C=O) groups excluding carboxylic acids is 2. The van der Waals surface area contributed by atoms with Crippen molar-refractivity contribution in [1.29, 1.82) is 0 Å². The Hall–Kier alpha value is -4.36. The third-order valence-corrected chi connectivity index (χ3v) is 6.13. The summed E-state index contributed by atoms with van der Waals surface area (Å²) in [5, 5.41) is 9.55. The molecule has 0 saturated heterocycles. The number of halogens is 1. The molecule has 1 atom stereocenters. The molecule has 4 rings (SSSR count). The van der Waals surface area contributed by atoms with Crippen molar-refractivity contribution < 1.29 is 19.1 Å². The Balaban J connectivity index is 1.47. The summed E-state index contributed by atoms with van der Waals surface area (Å²) in [5.74, 6) is 0.293. The SMILES string of the molecule is CCCOc1ccc2ccccc2c1/C=N\NC(=O)[C@H](Cc1ccccc1)NC(=O)COc1ccc(Cl)cc1. The number of ether oxygens (including phenoxy) is 2. The summed E-state index contributed by atoms with van der Waals surface area (Å²) >= 11 is 5.90. The molecular weight excluding hydrogens is 514 g/mol. The van der Waals surface area contributed by atoms with E-state index in [1.165, 1.54) is 0 Å². The third kappa shape index (κ3) is 8.06. The van der Waals surface area contributed by atoms with Crippen LogP contribution in [-0.4, -0.2) is 37.3 Å². The molecule has 0 fully saturated rings. The van der Waals surface area contributed by atoms with Crippen LogP contribution >= 0.6 is 11.6 Å². The summed E-state index contributed by atoms with van der Waals surface area (Å²) in [6, 6.07) is 27.1. The Kier molecular flexibility index (Phi) is 9.92. The monoisotopic (exact) mass is 543 g/mol. The number of rotatable bonds is 12. The highest BCUT2D eigenvalue weighted by Gasteiger charge is 2.21. The van der Waals surface area contributed by atoms with Crippen LogP contribution < -0.4 is 20.2 Å². The van der Waals surface area contributed by atoms with E-state index < -0.39 is 17.9 Å². The van der Waals surface area contributed by atoms with Gasteiger partial charge in [0.2, 0.25) is 0 Å². The topological polar surface area (TPSA) is 89.0 Å². The molecule has 0 aliphatic carbocycles. The molecule has 7 nitrogen and oxygen atoms in total. The van der Waals surface area contributed by atoms with Gasteiger partial charge in [-0.3, -0.25) is 9.59 Å². The van der Waals surface area contributed by atoms with Gasteiger partial charge in [0.25, 0.3) is 11.8 Å². The number of hydrazone groups is 1. The summed E-state index contributed by atoms with van der Waals surface area (Å²) in [4.78, 5) is 25.9. The third-order valence-electron chi connectivity index (χ3n) is 5.88. The van der Waals surface area contributed by atoms with Crippen LogP contribution in [0.25, 0.3) is 10.8 Å². The van der Waals surface area contributed by atoms with Crippen molar-refractivity contribution in [1.82, 2.24) is 10.7 Å². The van der Waals surface area contributed by atoms with Crippen LogP contribution in [0.1, 0.15) is 24.5 Å². The number of hydrogen-bond acceptors (Lipinski definition) is 5. The second-order valence-corrected chi connectivity index (χ2v) is 9.27. The van der Waals surface area contributed by atoms with Gasteiger partial charge in [-0.2, -0.15) is 5.10 Å². The quantitative estimate of drug-likeness (QED) is 0.181. The van der Waals surface area contributed by atoms with E-state index in [1.807, 2.05) is 73.7 Å². The van der Waals surface area contributed by atoms with Crippen LogP contribution in [0.15, 0.2) is 96.1 Å². The van der Waals surface area contributed by atoms with Gasteiger partial charge in [-0.25, -0.2) is 5.43 Å². The van der Waals surface area contributed by atoms with E-state index in [4.69, 9.17) is 21.1 Å². The zero-order chi connectivity index (χ0) is 27.5. The van der Waals surface area contributed by atoms with Gasteiger partial charge < -0.3 is 14.8 Å². The molecule has 0 saturated carbocycles. The maximum absolute atomic E-state index is 13.2. The minimum Gasteiger partial charge on any atom is -0.493 e. The molecule has 0 radical (unpaired) electrons. The molecule has 0 bridgehead atoms. The maximum atomic E-state index is 13.2. The average molecular weight is 544 g/mol. The van der Waals surface area contributed by atoms with Crippen LogP contribution in [0.3, 0.4) is 0 Å². The Bertz CT molecular complexity index is 1430. The van der Waals surface area contributed by atoms with Gasteiger partial charge in [-0.1, -0.05) is 79.2 Å². The summed E-state index contributed by atoms with van der Waals surface area (Å²) in [7, 11) is 0. The molecule has 0 aliphatic heterocycles. The first-order valence-corrected chi connectivity index (χ1v) is 13.1. The van der Waals surface area contributed by atoms with E-state index in [0.717, 1.165) is 28.3 Å². The van der Waals surface area contributed by atoms with Crippen molar-refractivity contribution >= 4 is 40.4 Å². The molecule has 200 valence electrons. The Morgan fingerprint density at radius 1 is 0.923 bits per heavy atom. The predicted molar refractivity (Wildman–Crippen MR) is 154 cm³/mol. The lowest BCUT2D eigenvalue weighted by Gasteiger charge is -2.17. The number of fused-ring (bicyclic) bond motifs is 1. The van der Waals surface area contributed by atoms with Gasteiger partial charge in [0.05, 0.1) is 12.8 Å². The zero-order valence-corrected chi connectivity index (χ0v) is 22.4. The molecule has 39 heavy (non-hydrogen) atoms. The first-order valence-electron chi connectivity index (χ1n) is 12.7. The molecule has 2 amide bonds. The fourth-order valence-corrected chi connectivity index (χ4v) is 4.09. The Morgan fingerprint density at radius 3 is 2.44 bits per heavy atom. The highest BCUT2D eigenvalue weighted by Crippen LogP contribution is 2.27. The van der Waals surface area contributed by atoms with Crippen LogP contribution in [0.5, 0.6) is 11.5 Å². The van der Waals surface area contributed by atoms with Gasteiger partial charge in [0.1, 0.15) is 17.5 Å². The smallest absolute Gasteiger partial charge is 0.262 e. The summed E-state index contributed by atoms with van der Waals surface area (Å²) in [6.07, 6.45) is 2.73. The first kappa shape index (κ1) is 27.7. The van der Waals surface area contributed by atoms with Gasteiger partial charge in [-0.05, 0) is 53.1 Å². The number of benzene rings is 4. The van der Waals surface area contributed by atoms with E-state index in [9.17, 15) is 9.59 Å². The molecule has 0 aliphatic rings. The number of nitrogens with zero attached hydrogens (tertiary/aromatic N) is 1. The fraction of sp³-hybridized carbons (Fsp3) is 0.194. The number of nitrogens with one attached hydrogen (secondary N) is 2. The molecule has 0 unspecified atom stereocenters. The first-order chi connectivity index (χ1) is 19.0. The second kappa shape index (κ2) is 14.0. The lowest BCUT2D eigenvalue weighted by Crippen LogP contribution is -2.48. The zero-order valence-electron chi connectivity index (χ0n) is 21.6. The molecule has 0 heterocycles. The standard InChI is InChI=1S/C31H30ClN3O4/c1-2-18-38-29-17-12-23-10-6-7-11-26(23)27(29)20-33-35-31(37)28(19-22-8-4-3-5-9-22)34-30(36)21-39-25-15-13-24(32)14-16-25/h3-17,20,28H,2,18-19,21H2,1H3,(H,34,36)(H,35,37)/b33-20-/t28-/m0/s1. The van der Waals surface area contributed by atoms with Crippen molar-refractivity contribution in [3.05, 3.63) is 107 Å². The van der Waals surface area contributed by atoms with Gasteiger partial charge in [0.15, 0.2) is 6.61 Å². The van der Waals surface area contributed by atoms with Crippen molar-refractivity contribution in [3.8, 4) is 11.5 Å². The lowest BCUT2D eigenvalue weighted by atomic mass is 10.0. The van der Waals surface area contributed by atoms with Crippen LogP contribution in [0.4, 0.5) is 0 Å². The summed E-state index contributed by atoms with van der Waals surface area (Å²) in [5.41, 5.74) is 4.25. The van der Waals surface area contributed by atoms with Gasteiger partial charge >= 0.3 is 0 Å². The highest BCUT2D eigenvalue weighted by atomic mass is 35.5. The van der Waals surface area contributed by atoms with E-state index in [1.54, 1.807) is 30.5 Å². The minimum atomic E-state index is -0.866. The molecule has 4 aromatic rings. The molecule has 2 N–H and O–H groups in total. The van der Waals surface area contributed by atoms with E-state index in [2.05, 4.69) is 15.8 Å². The maximum Gasteiger partial charge on any atom is 0.262 e. The number of hydrogen-bond donors (Lipinski definition) is 2. The minimum absolute atomic E-state index is 0.252. The fourth-order valence-electron chi connectivity index (χ4n) is 3.96. The average Bonchev–Trinajstić information content (AvgIpc) is 2.96. The molecule has 0 spiro atoms. The van der Waals surface area contributed by atoms with Crippen LogP contribution in [0.2, 0.25) is 5.02 Å². The van der Waals surface area contributed by atoms with E-state index >= 15 is 0 Å². The van der Waals surface area contributed by atoms with Crippen molar-refractivity contribution in [3.63, 3.8) is 0 Å². The molecule has 8 heteroatoms. The van der Waals surface area contributed by atoms with Crippen LogP contribution in [0, 0.1) is 0 Å². The number of amides is 2. The van der Waals surface area contributed by atoms with E-state index in [0.29, 0.717) is 23.1 Å². The predicted octanol–water partition coefficient (Wildman–Crippen LogP) is 5.54. The van der Waals surface area contributed by atoms with Crippen molar-refractivity contribution in [2.24, 2.45) is 5.10 Å². The van der Waals surface area contributed by atoms with Gasteiger partial charge in [-0.15, -0.1) is 0 Å². The Labute approximate surface area is 232 Å². The van der Waals surface area contributed by atoms with Crippen molar-refractivity contribution in [2.45, 2.75) is 25.8 Å². The molecule has 0 aromatic heterocycles. The summed E-state index contributed by atoms with van der Waals surface area (Å²) in [6.45, 7) is 2.35. The molecular formula is C31H30ClN3O4. The van der Waals surface area contributed by atoms with Crippen molar-refractivity contribution in [2.75, 3.05) is 13.2 Å². The Morgan fingerprint density at radius 2 is 1.67 bits per heavy atom.